The molecule has 2 nitrogen and oxygen atoms in total. The summed E-state index contributed by atoms with van der Waals surface area (Å²) in [5.74, 6) is 0. The lowest BCUT2D eigenvalue weighted by Crippen LogP contribution is -2.03. The van der Waals surface area contributed by atoms with Crippen molar-refractivity contribution in [3.05, 3.63) is 11.6 Å². The van der Waals surface area contributed by atoms with Crippen LogP contribution in [-0.2, 0) is 0 Å². The van der Waals surface area contributed by atoms with E-state index >= 15 is 0 Å². The van der Waals surface area contributed by atoms with E-state index in [0.717, 1.165) is 6.42 Å². The van der Waals surface area contributed by atoms with Gasteiger partial charge in [0.2, 0.25) is 0 Å². The zero-order valence-electron chi connectivity index (χ0n) is 5.17. The summed E-state index contributed by atoms with van der Waals surface area (Å²) >= 11 is 0. The van der Waals surface area contributed by atoms with E-state index in [9.17, 15) is 0 Å². The molecule has 0 saturated carbocycles. The molecule has 0 fully saturated rings. The van der Waals surface area contributed by atoms with Crippen LogP contribution in [0, 0.1) is 0 Å². The summed E-state index contributed by atoms with van der Waals surface area (Å²) in [5.41, 5.74) is 2.43. The van der Waals surface area contributed by atoms with Crippen molar-refractivity contribution < 1.29 is 0 Å². The minimum Gasteiger partial charge on any atom is -0.158 e. The fourth-order valence-electron chi connectivity index (χ4n) is 1.18. The largest absolute Gasteiger partial charge is 0.158 e. The molecule has 0 bridgehead atoms. The van der Waals surface area contributed by atoms with Crippen LogP contribution in [-0.4, -0.2) is 11.9 Å². The first-order chi connectivity index (χ1) is 4.47. The first-order valence-electron chi connectivity index (χ1n) is 3.27. The number of nitrogens with zero attached hydrogens (tertiary/aromatic N) is 2. The van der Waals surface area contributed by atoms with Gasteiger partial charge in [-0.05, 0) is 19.3 Å². The number of hydrogen-bond acceptors (Lipinski definition) is 2. The van der Waals surface area contributed by atoms with Crippen LogP contribution in [0.5, 0.6) is 0 Å². The van der Waals surface area contributed by atoms with Crippen LogP contribution in [0.15, 0.2) is 21.9 Å². The molecule has 0 amide bonds. The first-order valence-corrected chi connectivity index (χ1v) is 3.27. The average Bonchev–Trinajstić information content (AvgIpc) is 2.33. The summed E-state index contributed by atoms with van der Waals surface area (Å²) in [6, 6.07) is 0. The maximum absolute atomic E-state index is 3.98. The molecule has 1 aliphatic heterocycles. The van der Waals surface area contributed by atoms with Gasteiger partial charge in [-0.2, -0.15) is 10.2 Å². The number of rotatable bonds is 0. The van der Waals surface area contributed by atoms with E-state index in [4.69, 9.17) is 0 Å². The van der Waals surface area contributed by atoms with Gasteiger partial charge in [0.1, 0.15) is 0 Å². The molecule has 0 aromatic carbocycles. The second-order valence-electron chi connectivity index (χ2n) is 2.34. The van der Waals surface area contributed by atoms with Crippen LogP contribution < -0.4 is 0 Å². The van der Waals surface area contributed by atoms with E-state index in [0.29, 0.717) is 0 Å². The zero-order valence-corrected chi connectivity index (χ0v) is 5.17. The van der Waals surface area contributed by atoms with Gasteiger partial charge >= 0.3 is 0 Å². The summed E-state index contributed by atoms with van der Waals surface area (Å²) < 4.78 is 0. The Balaban J connectivity index is 2.38. The highest BCUT2D eigenvalue weighted by molar-refractivity contribution is 6.18. The van der Waals surface area contributed by atoms with Crippen molar-refractivity contribution in [2.24, 2.45) is 10.2 Å². The molecular formula is C7H8N2. The highest BCUT2D eigenvalue weighted by Crippen LogP contribution is 2.17. The third-order valence-electron chi connectivity index (χ3n) is 1.69. The second kappa shape index (κ2) is 1.79. The van der Waals surface area contributed by atoms with Gasteiger partial charge in [0.25, 0.3) is 0 Å². The standard InChI is InChI=1S/C7H8N2/c1-2-4-7-6(3-1)5-8-9-7/h3,5H,1-2,4H2. The van der Waals surface area contributed by atoms with Crippen molar-refractivity contribution in [2.75, 3.05) is 0 Å². The Kier molecular flexibility index (Phi) is 0.979. The number of allylic oxidation sites excluding steroid dienone is 2. The highest BCUT2D eigenvalue weighted by Gasteiger charge is 2.12. The van der Waals surface area contributed by atoms with E-state index < -0.39 is 0 Å². The number of fused-ring (bicyclic) bond motifs is 1. The van der Waals surface area contributed by atoms with Gasteiger partial charge in [0.05, 0.1) is 11.9 Å². The van der Waals surface area contributed by atoms with Crippen LogP contribution in [0.25, 0.3) is 0 Å². The molecule has 46 valence electrons. The maximum atomic E-state index is 3.98. The molecule has 0 aromatic heterocycles. The molecule has 2 aliphatic rings. The van der Waals surface area contributed by atoms with Crippen LogP contribution in [0.2, 0.25) is 0 Å². The Morgan fingerprint density at radius 2 is 2.44 bits per heavy atom. The Bertz CT molecular complexity index is 211. The lowest BCUT2D eigenvalue weighted by Gasteiger charge is -2.05. The Hall–Kier alpha value is -0.920. The second-order valence-corrected chi connectivity index (χ2v) is 2.34. The molecule has 2 rings (SSSR count). The summed E-state index contributed by atoms with van der Waals surface area (Å²) in [5, 5.41) is 7.80. The molecule has 0 aromatic rings. The highest BCUT2D eigenvalue weighted by atomic mass is 15.2. The monoisotopic (exact) mass is 120 g/mol. The van der Waals surface area contributed by atoms with E-state index in [1.165, 1.54) is 24.1 Å². The molecule has 0 unspecified atom stereocenters. The summed E-state index contributed by atoms with van der Waals surface area (Å²) in [4.78, 5) is 0. The van der Waals surface area contributed by atoms with E-state index in [-0.39, 0.29) is 0 Å². The summed E-state index contributed by atoms with van der Waals surface area (Å²) in [6.07, 6.45) is 7.60. The van der Waals surface area contributed by atoms with E-state index in [1.807, 2.05) is 6.21 Å². The third-order valence-corrected chi connectivity index (χ3v) is 1.69. The molecule has 0 saturated heterocycles. The molecule has 0 N–H and O–H groups in total. The molecule has 2 heteroatoms. The Morgan fingerprint density at radius 1 is 1.44 bits per heavy atom. The van der Waals surface area contributed by atoms with Gasteiger partial charge in [-0.1, -0.05) is 6.08 Å². The van der Waals surface area contributed by atoms with E-state index in [1.54, 1.807) is 0 Å². The Morgan fingerprint density at radius 3 is 3.33 bits per heavy atom. The summed E-state index contributed by atoms with van der Waals surface area (Å²) in [6.45, 7) is 0. The van der Waals surface area contributed by atoms with Crippen molar-refractivity contribution in [3.63, 3.8) is 0 Å². The van der Waals surface area contributed by atoms with E-state index in [2.05, 4.69) is 16.3 Å². The van der Waals surface area contributed by atoms with Gasteiger partial charge in [0.15, 0.2) is 0 Å². The van der Waals surface area contributed by atoms with Gasteiger partial charge in [-0.15, -0.1) is 0 Å². The fourth-order valence-corrected chi connectivity index (χ4v) is 1.18. The van der Waals surface area contributed by atoms with Gasteiger partial charge < -0.3 is 0 Å². The number of hydrogen-bond donors (Lipinski definition) is 0. The normalized spacial score (nSPS) is 23.1. The predicted octanol–water partition coefficient (Wildman–Crippen LogP) is 1.54. The molecule has 0 spiro atoms. The van der Waals surface area contributed by atoms with Crippen LogP contribution in [0.3, 0.4) is 0 Å². The van der Waals surface area contributed by atoms with Crippen molar-refractivity contribution >= 4 is 11.9 Å². The smallest absolute Gasteiger partial charge is 0.0715 e. The van der Waals surface area contributed by atoms with Crippen LogP contribution in [0.4, 0.5) is 0 Å². The van der Waals surface area contributed by atoms with Crippen LogP contribution in [0.1, 0.15) is 19.3 Å². The van der Waals surface area contributed by atoms with Crippen molar-refractivity contribution in [3.8, 4) is 0 Å². The van der Waals surface area contributed by atoms with Crippen LogP contribution >= 0.6 is 0 Å². The molecule has 1 heterocycles. The lowest BCUT2D eigenvalue weighted by molar-refractivity contribution is 0.874. The van der Waals surface area contributed by atoms with Crippen molar-refractivity contribution in [1.29, 1.82) is 0 Å². The minimum atomic E-state index is 1.12. The SMILES string of the molecule is C1=NN=C2CCCC=C12. The molecule has 0 radical (unpaired) electrons. The minimum absolute atomic E-state index is 1.12. The maximum Gasteiger partial charge on any atom is 0.0715 e. The quantitative estimate of drug-likeness (QED) is 0.463. The lowest BCUT2D eigenvalue weighted by atomic mass is 9.99. The third kappa shape index (κ3) is 0.707. The zero-order chi connectivity index (χ0) is 6.10. The predicted molar refractivity (Wildman–Crippen MR) is 37.9 cm³/mol. The fraction of sp³-hybridized carbons (Fsp3) is 0.429. The Labute approximate surface area is 54.0 Å². The van der Waals surface area contributed by atoms with Gasteiger partial charge in [0, 0.05) is 5.57 Å². The topological polar surface area (TPSA) is 24.7 Å². The van der Waals surface area contributed by atoms with Gasteiger partial charge in [-0.25, -0.2) is 0 Å². The van der Waals surface area contributed by atoms with Crippen molar-refractivity contribution in [1.82, 2.24) is 0 Å². The summed E-state index contributed by atoms with van der Waals surface area (Å²) in [7, 11) is 0. The average molecular weight is 120 g/mol. The first kappa shape index (κ1) is 4.91. The molecular weight excluding hydrogens is 112 g/mol. The molecule has 9 heavy (non-hydrogen) atoms. The van der Waals surface area contributed by atoms with Crippen molar-refractivity contribution in [2.45, 2.75) is 19.3 Å². The molecule has 1 aliphatic carbocycles. The molecule has 0 atom stereocenters. The van der Waals surface area contributed by atoms with Gasteiger partial charge in [-0.3, -0.25) is 0 Å².